The molecule has 3 nitrogen and oxygen atoms in total. The average molecular weight is 348 g/mol. The molecule has 2 aromatic heterocycles. The molecule has 7 heteroatoms. The molecule has 0 radical (unpaired) electrons. The Morgan fingerprint density at radius 1 is 1.35 bits per heavy atom. The zero-order chi connectivity index (χ0) is 17.2. The minimum Gasteiger partial charge on any atom is -0.237 e. The molecule has 1 unspecified atom stereocenters. The van der Waals surface area contributed by atoms with Gasteiger partial charge in [0.2, 0.25) is 5.92 Å². The van der Waals surface area contributed by atoms with Crippen LogP contribution in [0.25, 0.3) is 5.52 Å². The summed E-state index contributed by atoms with van der Waals surface area (Å²) in [5.74, 6) is -3.40. The normalized spacial score (nSPS) is 19.7. The molecule has 0 amide bonds. The number of hydrogen-bond donors (Lipinski definition) is 0. The molecule has 1 saturated carbocycles. The van der Waals surface area contributed by atoms with Gasteiger partial charge in [-0.2, -0.15) is 5.10 Å². The van der Waals surface area contributed by atoms with E-state index < -0.39 is 17.7 Å². The Balaban J connectivity index is 0.000000433. The standard InChI is InChI=1S/C12H11ClF3N3.C4H10/c1-6-17-5-8-10(14)9(13)11(19(8)18-6)7-2-3-12(15,16)4-7;1-3-4-2/h5,7H,2-4H2,1H3;3-4H2,1-2H3. The summed E-state index contributed by atoms with van der Waals surface area (Å²) in [5, 5.41) is 3.96. The van der Waals surface area contributed by atoms with E-state index in [-0.39, 0.29) is 29.8 Å². The Hall–Kier alpha value is -1.30. The predicted octanol–water partition coefficient (Wildman–Crippen LogP) is 5.54. The molecular formula is C16H21ClF3N3. The van der Waals surface area contributed by atoms with Gasteiger partial charge >= 0.3 is 0 Å². The highest BCUT2D eigenvalue weighted by Gasteiger charge is 2.42. The maximum Gasteiger partial charge on any atom is 0.248 e. The quantitative estimate of drug-likeness (QED) is 0.714. The smallest absolute Gasteiger partial charge is 0.237 e. The lowest BCUT2D eigenvalue weighted by Crippen LogP contribution is -2.10. The summed E-state index contributed by atoms with van der Waals surface area (Å²) in [6, 6.07) is 0. The molecule has 0 bridgehead atoms. The first-order chi connectivity index (χ1) is 10.8. The maximum absolute atomic E-state index is 14.0. The molecule has 128 valence electrons. The van der Waals surface area contributed by atoms with Gasteiger partial charge in [0.1, 0.15) is 16.4 Å². The van der Waals surface area contributed by atoms with Gasteiger partial charge in [-0.3, -0.25) is 0 Å². The summed E-state index contributed by atoms with van der Waals surface area (Å²) >= 11 is 5.95. The van der Waals surface area contributed by atoms with Crippen molar-refractivity contribution in [3.8, 4) is 0 Å². The largest absolute Gasteiger partial charge is 0.248 e. The van der Waals surface area contributed by atoms with Crippen molar-refractivity contribution in [1.29, 1.82) is 0 Å². The first-order valence-corrected chi connectivity index (χ1v) is 8.25. The van der Waals surface area contributed by atoms with Crippen LogP contribution < -0.4 is 0 Å². The molecule has 1 atom stereocenters. The fraction of sp³-hybridized carbons (Fsp3) is 0.625. The van der Waals surface area contributed by atoms with Crippen molar-refractivity contribution >= 4 is 17.1 Å². The van der Waals surface area contributed by atoms with E-state index in [1.807, 2.05) is 0 Å². The highest BCUT2D eigenvalue weighted by Crippen LogP contribution is 2.46. The van der Waals surface area contributed by atoms with Crippen LogP contribution in [0.5, 0.6) is 0 Å². The van der Waals surface area contributed by atoms with E-state index in [9.17, 15) is 13.2 Å². The minimum absolute atomic E-state index is 0.123. The highest BCUT2D eigenvalue weighted by atomic mass is 35.5. The fourth-order valence-electron chi connectivity index (χ4n) is 2.62. The van der Waals surface area contributed by atoms with E-state index >= 15 is 0 Å². The van der Waals surface area contributed by atoms with Crippen LogP contribution in [0.3, 0.4) is 0 Å². The monoisotopic (exact) mass is 347 g/mol. The zero-order valence-corrected chi connectivity index (χ0v) is 14.3. The third kappa shape index (κ3) is 3.79. The topological polar surface area (TPSA) is 30.2 Å². The zero-order valence-electron chi connectivity index (χ0n) is 13.5. The number of nitrogens with zero attached hydrogens (tertiary/aromatic N) is 3. The van der Waals surface area contributed by atoms with Crippen molar-refractivity contribution in [2.75, 3.05) is 0 Å². The minimum atomic E-state index is -2.71. The lowest BCUT2D eigenvalue weighted by Gasteiger charge is -2.11. The Morgan fingerprint density at radius 3 is 2.52 bits per heavy atom. The third-order valence-electron chi connectivity index (χ3n) is 4.01. The van der Waals surface area contributed by atoms with Gasteiger partial charge in [0.25, 0.3) is 0 Å². The molecule has 1 fully saturated rings. The molecule has 1 aliphatic carbocycles. The molecule has 0 aromatic carbocycles. The predicted molar refractivity (Wildman–Crippen MR) is 84.8 cm³/mol. The number of hydrogen-bond acceptors (Lipinski definition) is 2. The number of alkyl halides is 2. The van der Waals surface area contributed by atoms with E-state index in [4.69, 9.17) is 11.6 Å². The maximum atomic E-state index is 14.0. The van der Waals surface area contributed by atoms with E-state index in [2.05, 4.69) is 23.9 Å². The van der Waals surface area contributed by atoms with Crippen LogP contribution in [-0.2, 0) is 0 Å². The Kier molecular flexibility index (Phi) is 5.55. The SMILES string of the molecule is CCCC.Cc1ncc2c(F)c(Cl)c(C3CCC(F)(F)C3)n2n1. The van der Waals surface area contributed by atoms with Crippen LogP contribution in [-0.4, -0.2) is 20.5 Å². The van der Waals surface area contributed by atoms with Crippen molar-refractivity contribution < 1.29 is 13.2 Å². The van der Waals surface area contributed by atoms with Crippen LogP contribution >= 0.6 is 11.6 Å². The summed E-state index contributed by atoms with van der Waals surface area (Å²) in [7, 11) is 0. The van der Waals surface area contributed by atoms with Crippen LogP contribution in [0, 0.1) is 12.7 Å². The van der Waals surface area contributed by atoms with E-state index in [0.29, 0.717) is 11.5 Å². The molecule has 1 aliphatic rings. The highest BCUT2D eigenvalue weighted by molar-refractivity contribution is 6.32. The number of aryl methyl sites for hydroxylation is 1. The summed E-state index contributed by atoms with van der Waals surface area (Å²) in [4.78, 5) is 3.90. The number of rotatable bonds is 2. The van der Waals surface area contributed by atoms with Gasteiger partial charge < -0.3 is 0 Å². The van der Waals surface area contributed by atoms with Crippen LogP contribution in [0.4, 0.5) is 13.2 Å². The summed E-state index contributed by atoms with van der Waals surface area (Å²) in [5.41, 5.74) is 0.456. The summed E-state index contributed by atoms with van der Waals surface area (Å²) < 4.78 is 41.9. The van der Waals surface area contributed by atoms with Gasteiger partial charge in [-0.1, -0.05) is 38.3 Å². The second-order valence-corrected chi connectivity index (χ2v) is 6.29. The van der Waals surface area contributed by atoms with Crippen LogP contribution in [0.1, 0.15) is 63.4 Å². The summed E-state index contributed by atoms with van der Waals surface area (Å²) in [6.45, 7) is 6.01. The molecular weight excluding hydrogens is 327 g/mol. The van der Waals surface area contributed by atoms with Gasteiger partial charge in [0, 0.05) is 18.8 Å². The third-order valence-corrected chi connectivity index (χ3v) is 4.37. The van der Waals surface area contributed by atoms with E-state index in [1.54, 1.807) is 6.92 Å². The van der Waals surface area contributed by atoms with Gasteiger partial charge in [-0.05, 0) is 13.3 Å². The van der Waals surface area contributed by atoms with Crippen molar-refractivity contribution in [3.05, 3.63) is 28.6 Å². The Labute approximate surface area is 138 Å². The van der Waals surface area contributed by atoms with Gasteiger partial charge in [0.05, 0.1) is 11.9 Å². The van der Waals surface area contributed by atoms with Crippen molar-refractivity contribution in [2.24, 2.45) is 0 Å². The van der Waals surface area contributed by atoms with E-state index in [1.165, 1.54) is 23.6 Å². The second-order valence-electron chi connectivity index (χ2n) is 5.91. The Morgan fingerprint density at radius 2 is 2.00 bits per heavy atom. The van der Waals surface area contributed by atoms with Gasteiger partial charge in [-0.25, -0.2) is 22.7 Å². The number of unbranched alkanes of at least 4 members (excludes halogenated alkanes) is 1. The lowest BCUT2D eigenvalue weighted by molar-refractivity contribution is 0.00762. The molecule has 2 aromatic rings. The van der Waals surface area contributed by atoms with Gasteiger partial charge in [0.15, 0.2) is 5.82 Å². The first-order valence-electron chi connectivity index (χ1n) is 7.87. The molecule has 0 aliphatic heterocycles. The van der Waals surface area contributed by atoms with Crippen LogP contribution in [0.15, 0.2) is 6.20 Å². The fourth-order valence-corrected chi connectivity index (χ4v) is 2.95. The molecule has 0 spiro atoms. The second kappa shape index (κ2) is 7.07. The number of halogens is 4. The lowest BCUT2D eigenvalue weighted by atomic mass is 10.0. The summed E-state index contributed by atoms with van der Waals surface area (Å²) in [6.07, 6.45) is 3.72. The molecule has 0 N–H and O–H groups in total. The molecule has 3 rings (SSSR count). The first kappa shape index (κ1) is 18.0. The van der Waals surface area contributed by atoms with Crippen molar-refractivity contribution in [2.45, 2.75) is 64.7 Å². The number of fused-ring (bicyclic) bond motifs is 1. The average Bonchev–Trinajstić information content (AvgIpc) is 2.97. The van der Waals surface area contributed by atoms with Crippen molar-refractivity contribution in [3.63, 3.8) is 0 Å². The number of aromatic nitrogens is 3. The van der Waals surface area contributed by atoms with Crippen LogP contribution in [0.2, 0.25) is 5.02 Å². The Bertz CT molecular complexity index is 683. The van der Waals surface area contributed by atoms with Gasteiger partial charge in [-0.15, -0.1) is 0 Å². The molecule has 2 heterocycles. The molecule has 23 heavy (non-hydrogen) atoms. The molecule has 0 saturated heterocycles. The van der Waals surface area contributed by atoms with Crippen molar-refractivity contribution in [1.82, 2.24) is 14.6 Å². The van der Waals surface area contributed by atoms with E-state index in [0.717, 1.165) is 0 Å².